The number of nitrogens with zero attached hydrogens (tertiary/aromatic N) is 3. The van der Waals surface area contributed by atoms with E-state index in [1.54, 1.807) is 6.07 Å². The van der Waals surface area contributed by atoms with Crippen LogP contribution in [0.1, 0.15) is 70.6 Å². The Morgan fingerprint density at radius 1 is 1.00 bits per heavy atom. The van der Waals surface area contributed by atoms with Gasteiger partial charge in [0.05, 0.1) is 11.6 Å². The maximum atomic E-state index is 13.1. The number of benzene rings is 1. The Bertz CT molecular complexity index is 1120. The van der Waals surface area contributed by atoms with Gasteiger partial charge in [0.2, 0.25) is 5.88 Å². The molecule has 1 aromatic carbocycles. The lowest BCUT2D eigenvalue weighted by Gasteiger charge is -2.16. The van der Waals surface area contributed by atoms with Gasteiger partial charge in [-0.3, -0.25) is 4.79 Å². The summed E-state index contributed by atoms with van der Waals surface area (Å²) in [6.45, 7) is 12.2. The summed E-state index contributed by atoms with van der Waals surface area (Å²) in [4.78, 5) is 26.7. The van der Waals surface area contributed by atoms with Crippen LogP contribution in [-0.4, -0.2) is 20.9 Å². The fraction of sp³-hybridized carbons (Fsp3) is 0.407. The largest absolute Gasteiger partial charge is 0.456 e. The number of esters is 1. The van der Waals surface area contributed by atoms with Crippen LogP contribution in [0.25, 0.3) is 0 Å². The predicted octanol–water partition coefficient (Wildman–Crippen LogP) is 6.01. The highest BCUT2D eigenvalue weighted by molar-refractivity contribution is 5.79. The second-order valence-corrected chi connectivity index (χ2v) is 10.3. The van der Waals surface area contributed by atoms with Crippen molar-refractivity contribution in [2.75, 3.05) is 0 Å². The Labute approximate surface area is 195 Å². The summed E-state index contributed by atoms with van der Waals surface area (Å²) in [7, 11) is 0. The first kappa shape index (κ1) is 22.9. The van der Waals surface area contributed by atoms with Crippen molar-refractivity contribution in [3.8, 4) is 11.6 Å². The third-order valence-electron chi connectivity index (χ3n) is 6.20. The van der Waals surface area contributed by atoms with Crippen LogP contribution in [0.3, 0.4) is 0 Å². The molecule has 172 valence electrons. The number of hydrogen-bond donors (Lipinski definition) is 0. The fourth-order valence-electron chi connectivity index (χ4n) is 4.22. The van der Waals surface area contributed by atoms with Crippen LogP contribution in [0.5, 0.6) is 11.6 Å². The molecule has 6 heteroatoms. The van der Waals surface area contributed by atoms with Crippen LogP contribution in [-0.2, 0) is 14.9 Å². The van der Waals surface area contributed by atoms with Gasteiger partial charge in [0, 0.05) is 29.8 Å². The number of para-hydroxylation sites is 1. The zero-order valence-corrected chi connectivity index (χ0v) is 20.1. The molecule has 1 aliphatic rings. The highest BCUT2D eigenvalue weighted by atomic mass is 16.5. The lowest BCUT2D eigenvalue weighted by atomic mass is 9.95. The van der Waals surface area contributed by atoms with E-state index in [4.69, 9.17) is 9.47 Å². The van der Waals surface area contributed by atoms with Crippen LogP contribution in [0.15, 0.2) is 60.9 Å². The van der Waals surface area contributed by atoms with E-state index in [0.29, 0.717) is 17.3 Å². The van der Waals surface area contributed by atoms with Crippen LogP contribution in [0, 0.1) is 11.3 Å². The van der Waals surface area contributed by atoms with Crippen molar-refractivity contribution in [1.82, 2.24) is 15.0 Å². The van der Waals surface area contributed by atoms with Crippen LogP contribution >= 0.6 is 0 Å². The zero-order chi connectivity index (χ0) is 23.8. The number of hydrogen-bond acceptors (Lipinski definition) is 6. The summed E-state index contributed by atoms with van der Waals surface area (Å²) < 4.78 is 11.6. The van der Waals surface area contributed by atoms with Gasteiger partial charge in [0.15, 0.2) is 0 Å². The molecule has 3 aromatic rings. The van der Waals surface area contributed by atoms with Gasteiger partial charge < -0.3 is 9.47 Å². The third-order valence-corrected chi connectivity index (χ3v) is 6.20. The van der Waals surface area contributed by atoms with Crippen molar-refractivity contribution < 1.29 is 14.3 Å². The smallest absolute Gasteiger partial charge is 0.310 e. The number of rotatable bonds is 6. The van der Waals surface area contributed by atoms with Crippen molar-refractivity contribution >= 4 is 5.97 Å². The second kappa shape index (κ2) is 8.58. The highest BCUT2D eigenvalue weighted by Gasteiger charge is 2.63. The van der Waals surface area contributed by atoms with Crippen LogP contribution in [0.2, 0.25) is 0 Å². The molecule has 1 aliphatic carbocycles. The zero-order valence-electron chi connectivity index (χ0n) is 20.1. The molecule has 1 unspecified atom stereocenters. The standard InChI is InChI=1S/C27H31N3O3/c1-17(20-13-10-14-21(30-20)33-19-11-8-7-9-12-19)32-24(31)23-22(27(23,5)6)18-15-28-25(29-16-18)26(2,3)4/h7-17,22-23H,1-6H3/t17?,22-,23+/m0/s1. The molecule has 0 aliphatic heterocycles. The van der Waals surface area contributed by atoms with Gasteiger partial charge in [-0.2, -0.15) is 0 Å². The summed E-state index contributed by atoms with van der Waals surface area (Å²) in [6, 6.07) is 14.9. The van der Waals surface area contributed by atoms with E-state index < -0.39 is 6.10 Å². The van der Waals surface area contributed by atoms with Crippen molar-refractivity contribution in [3.63, 3.8) is 0 Å². The first-order chi connectivity index (χ1) is 15.6. The van der Waals surface area contributed by atoms with Gasteiger partial charge in [-0.05, 0) is 36.1 Å². The molecule has 4 rings (SSSR count). The van der Waals surface area contributed by atoms with Crippen molar-refractivity contribution in [3.05, 3.63) is 78.0 Å². The predicted molar refractivity (Wildman–Crippen MR) is 126 cm³/mol. The van der Waals surface area contributed by atoms with E-state index in [9.17, 15) is 4.79 Å². The highest BCUT2D eigenvalue weighted by Crippen LogP contribution is 2.64. The molecular weight excluding hydrogens is 414 g/mol. The summed E-state index contributed by atoms with van der Waals surface area (Å²) in [5, 5.41) is 0. The van der Waals surface area contributed by atoms with E-state index >= 15 is 0 Å². The Morgan fingerprint density at radius 2 is 1.67 bits per heavy atom. The lowest BCUT2D eigenvalue weighted by molar-refractivity contribution is -0.151. The molecule has 2 heterocycles. The quantitative estimate of drug-likeness (QED) is 0.433. The number of ether oxygens (including phenoxy) is 2. The number of carbonyl (C=O) groups is 1. The maximum Gasteiger partial charge on any atom is 0.310 e. The molecule has 2 aromatic heterocycles. The Balaban J connectivity index is 1.43. The van der Waals surface area contributed by atoms with E-state index in [0.717, 1.165) is 11.4 Å². The number of pyridine rings is 1. The number of carbonyl (C=O) groups excluding carboxylic acids is 1. The maximum absolute atomic E-state index is 13.1. The molecule has 0 spiro atoms. The molecule has 0 radical (unpaired) electrons. The lowest BCUT2D eigenvalue weighted by Crippen LogP contribution is -2.16. The topological polar surface area (TPSA) is 74.2 Å². The molecule has 6 nitrogen and oxygen atoms in total. The molecule has 1 saturated carbocycles. The van der Waals surface area contributed by atoms with Gasteiger partial charge in [0.25, 0.3) is 0 Å². The van der Waals surface area contributed by atoms with Gasteiger partial charge in [0.1, 0.15) is 17.7 Å². The minimum Gasteiger partial charge on any atom is -0.456 e. The van der Waals surface area contributed by atoms with E-state index in [2.05, 4.69) is 49.6 Å². The Hall–Kier alpha value is -3.28. The average Bonchev–Trinajstić information content (AvgIpc) is 3.36. The van der Waals surface area contributed by atoms with Crippen molar-refractivity contribution in [2.24, 2.45) is 11.3 Å². The van der Waals surface area contributed by atoms with Crippen LogP contribution < -0.4 is 4.74 Å². The molecule has 33 heavy (non-hydrogen) atoms. The van der Waals surface area contributed by atoms with Gasteiger partial charge in [-0.15, -0.1) is 0 Å². The normalized spacial score (nSPS) is 20.1. The molecule has 3 atom stereocenters. The number of aromatic nitrogens is 3. The first-order valence-electron chi connectivity index (χ1n) is 11.3. The van der Waals surface area contributed by atoms with Crippen molar-refractivity contribution in [2.45, 2.75) is 59.0 Å². The molecule has 1 fully saturated rings. The van der Waals surface area contributed by atoms with Gasteiger partial charge >= 0.3 is 5.97 Å². The SMILES string of the molecule is CC(OC(=O)[C@H]1[C@H](c2cnc(C(C)(C)C)nc2)C1(C)C)c1cccc(Oc2ccccc2)n1. The summed E-state index contributed by atoms with van der Waals surface area (Å²) >= 11 is 0. The summed E-state index contributed by atoms with van der Waals surface area (Å²) in [5.74, 6) is 1.52. The first-order valence-corrected chi connectivity index (χ1v) is 11.3. The van der Waals surface area contributed by atoms with Gasteiger partial charge in [-0.1, -0.05) is 58.9 Å². The van der Waals surface area contributed by atoms with Crippen molar-refractivity contribution in [1.29, 1.82) is 0 Å². The van der Waals surface area contributed by atoms with E-state index in [1.165, 1.54) is 0 Å². The molecule has 0 amide bonds. The molecule has 0 N–H and O–H groups in total. The van der Waals surface area contributed by atoms with E-state index in [-0.39, 0.29) is 28.6 Å². The van der Waals surface area contributed by atoms with E-state index in [1.807, 2.05) is 61.8 Å². The molecular formula is C27H31N3O3. The molecule has 0 bridgehead atoms. The third kappa shape index (κ3) is 4.90. The minimum absolute atomic E-state index is 0.0342. The monoisotopic (exact) mass is 445 g/mol. The fourth-order valence-corrected chi connectivity index (χ4v) is 4.22. The Morgan fingerprint density at radius 3 is 2.30 bits per heavy atom. The summed E-state index contributed by atoms with van der Waals surface area (Å²) in [6.07, 6.45) is 3.21. The van der Waals surface area contributed by atoms with Crippen LogP contribution in [0.4, 0.5) is 0 Å². The summed E-state index contributed by atoms with van der Waals surface area (Å²) in [5.41, 5.74) is 1.29. The minimum atomic E-state index is -0.492. The molecule has 0 saturated heterocycles. The Kier molecular flexibility index (Phi) is 5.95. The second-order valence-electron chi connectivity index (χ2n) is 10.3. The average molecular weight is 446 g/mol. The van der Waals surface area contributed by atoms with Gasteiger partial charge in [-0.25, -0.2) is 15.0 Å².